The van der Waals surface area contributed by atoms with Gasteiger partial charge >= 0.3 is 18.0 Å². The van der Waals surface area contributed by atoms with E-state index in [1.165, 1.54) is 23.6 Å². The Bertz CT molecular complexity index is 803. The van der Waals surface area contributed by atoms with Crippen LogP contribution < -0.4 is 10.6 Å². The number of carbonyl (C=O) groups excluding carboxylic acids is 2. The van der Waals surface area contributed by atoms with Gasteiger partial charge in [0.2, 0.25) is 5.91 Å². The summed E-state index contributed by atoms with van der Waals surface area (Å²) < 4.78 is 89.1. The van der Waals surface area contributed by atoms with Gasteiger partial charge in [-0.25, -0.2) is 0 Å². The number of hydrogen-bond donors (Lipinski definition) is 2. The normalized spacial score (nSPS) is 12.7. The quantitative estimate of drug-likeness (QED) is 0.440. The van der Waals surface area contributed by atoms with Gasteiger partial charge in [0, 0.05) is 38.9 Å². The van der Waals surface area contributed by atoms with Crippen LogP contribution in [0, 0.1) is 0 Å². The topological polar surface area (TPSA) is 77.6 Å². The molecule has 0 aliphatic carbocycles. The standard InChI is InChI=1S/C19H26F7N5O2/c1-4-31(8-7-30(2)3)15(32)12-27-11-14-9-13(5-6-28-14)10-29-16(33)17(20,21)18(22,23)19(24,25)26/h5-6,9,27H,4,7-8,10-12H2,1-3H3,(H,29,33). The number of rotatable bonds is 12. The molecule has 0 aliphatic heterocycles. The summed E-state index contributed by atoms with van der Waals surface area (Å²) in [6.07, 6.45) is -5.36. The van der Waals surface area contributed by atoms with Gasteiger partial charge in [0.1, 0.15) is 0 Å². The minimum absolute atomic E-state index is 0.0113. The summed E-state index contributed by atoms with van der Waals surface area (Å²) in [5, 5.41) is 4.24. The number of carbonyl (C=O) groups is 2. The third kappa shape index (κ3) is 7.81. The highest BCUT2D eigenvalue weighted by atomic mass is 19.4. The highest BCUT2D eigenvalue weighted by molar-refractivity contribution is 5.84. The molecule has 7 nitrogen and oxygen atoms in total. The number of amides is 2. The molecule has 1 aromatic heterocycles. The summed E-state index contributed by atoms with van der Waals surface area (Å²) in [5.74, 6) is -15.4. The Balaban J connectivity index is 2.64. The molecule has 1 aromatic rings. The highest BCUT2D eigenvalue weighted by Gasteiger charge is 2.76. The molecule has 1 heterocycles. The van der Waals surface area contributed by atoms with Crippen molar-refractivity contribution in [3.05, 3.63) is 29.6 Å². The molecule has 0 unspecified atom stereocenters. The third-order valence-electron chi connectivity index (χ3n) is 4.50. The van der Waals surface area contributed by atoms with Gasteiger partial charge in [-0.1, -0.05) is 0 Å². The lowest BCUT2D eigenvalue weighted by Gasteiger charge is -2.27. The first-order valence-corrected chi connectivity index (χ1v) is 9.81. The first-order valence-electron chi connectivity index (χ1n) is 9.81. The summed E-state index contributed by atoms with van der Waals surface area (Å²) in [6.45, 7) is 2.91. The van der Waals surface area contributed by atoms with Crippen molar-refractivity contribution in [3.63, 3.8) is 0 Å². The van der Waals surface area contributed by atoms with Crippen molar-refractivity contribution >= 4 is 11.8 Å². The van der Waals surface area contributed by atoms with Crippen LogP contribution in [-0.4, -0.2) is 84.9 Å². The van der Waals surface area contributed by atoms with Crippen molar-refractivity contribution in [1.29, 1.82) is 0 Å². The highest BCUT2D eigenvalue weighted by Crippen LogP contribution is 2.46. The zero-order chi connectivity index (χ0) is 25.4. The summed E-state index contributed by atoms with van der Waals surface area (Å²) in [4.78, 5) is 31.1. The van der Waals surface area contributed by atoms with Crippen LogP contribution in [-0.2, 0) is 22.7 Å². The Labute approximate surface area is 186 Å². The number of pyridine rings is 1. The van der Waals surface area contributed by atoms with E-state index in [1.54, 1.807) is 4.90 Å². The maximum absolute atomic E-state index is 13.4. The number of likely N-dealkylation sites (N-methyl/N-ethyl adjacent to an activating group) is 2. The van der Waals surface area contributed by atoms with Crippen molar-refractivity contribution in [3.8, 4) is 0 Å². The fourth-order valence-electron chi connectivity index (χ4n) is 2.54. The van der Waals surface area contributed by atoms with Gasteiger partial charge in [0.05, 0.1) is 12.2 Å². The molecule has 0 fully saturated rings. The Hall–Kier alpha value is -2.48. The van der Waals surface area contributed by atoms with E-state index in [0.29, 0.717) is 25.3 Å². The Morgan fingerprint density at radius 3 is 2.21 bits per heavy atom. The second-order valence-electron chi connectivity index (χ2n) is 7.36. The molecule has 0 radical (unpaired) electrons. The van der Waals surface area contributed by atoms with E-state index < -0.39 is 30.5 Å². The summed E-state index contributed by atoms with van der Waals surface area (Å²) in [6, 6.07) is 2.58. The molecule has 0 saturated heterocycles. The fraction of sp³-hybridized carbons (Fsp3) is 0.632. The lowest BCUT2D eigenvalue weighted by Crippen LogP contribution is -2.59. The van der Waals surface area contributed by atoms with E-state index in [-0.39, 0.29) is 24.6 Å². The zero-order valence-corrected chi connectivity index (χ0v) is 18.3. The molecule has 33 heavy (non-hydrogen) atoms. The molecule has 0 aliphatic rings. The molecule has 0 bridgehead atoms. The lowest BCUT2D eigenvalue weighted by molar-refractivity contribution is -0.344. The van der Waals surface area contributed by atoms with E-state index in [9.17, 15) is 40.3 Å². The summed E-state index contributed by atoms with van der Waals surface area (Å²) in [7, 11) is 3.75. The van der Waals surface area contributed by atoms with Crippen molar-refractivity contribution < 1.29 is 40.3 Å². The van der Waals surface area contributed by atoms with Crippen LogP contribution >= 0.6 is 0 Å². The summed E-state index contributed by atoms with van der Waals surface area (Å²) in [5.41, 5.74) is 0.465. The molecular formula is C19H26F7N5O2. The predicted octanol–water partition coefficient (Wildman–Crippen LogP) is 2.03. The largest absolute Gasteiger partial charge is 0.460 e. The maximum atomic E-state index is 13.4. The third-order valence-corrected chi connectivity index (χ3v) is 4.50. The average Bonchev–Trinajstić information content (AvgIpc) is 2.71. The minimum Gasteiger partial charge on any atom is -0.347 e. The van der Waals surface area contributed by atoms with Gasteiger partial charge in [0.25, 0.3) is 5.91 Å². The van der Waals surface area contributed by atoms with E-state index in [0.717, 1.165) is 0 Å². The zero-order valence-electron chi connectivity index (χ0n) is 18.3. The molecular weight excluding hydrogens is 463 g/mol. The van der Waals surface area contributed by atoms with Gasteiger partial charge in [-0.2, -0.15) is 30.7 Å². The average molecular weight is 489 g/mol. The number of aromatic nitrogens is 1. The first-order chi connectivity index (χ1) is 15.1. The van der Waals surface area contributed by atoms with Gasteiger partial charge in [-0.3, -0.25) is 14.6 Å². The van der Waals surface area contributed by atoms with Crippen LogP contribution in [0.3, 0.4) is 0 Å². The first kappa shape index (κ1) is 28.6. The van der Waals surface area contributed by atoms with Crippen LogP contribution in [0.25, 0.3) is 0 Å². The Morgan fingerprint density at radius 1 is 1.03 bits per heavy atom. The van der Waals surface area contributed by atoms with Crippen LogP contribution in [0.5, 0.6) is 0 Å². The Morgan fingerprint density at radius 2 is 1.67 bits per heavy atom. The lowest BCUT2D eigenvalue weighted by atomic mass is 10.1. The molecule has 0 atom stereocenters. The molecule has 0 saturated carbocycles. The van der Waals surface area contributed by atoms with Crippen LogP contribution in [0.1, 0.15) is 18.2 Å². The van der Waals surface area contributed by atoms with Crippen molar-refractivity contribution in [2.45, 2.75) is 38.0 Å². The molecule has 0 aromatic carbocycles. The molecule has 2 amide bonds. The van der Waals surface area contributed by atoms with Crippen LogP contribution in [0.2, 0.25) is 0 Å². The number of hydrogen-bond acceptors (Lipinski definition) is 5. The predicted molar refractivity (Wildman–Crippen MR) is 105 cm³/mol. The smallest absolute Gasteiger partial charge is 0.347 e. The molecule has 2 N–H and O–H groups in total. The monoisotopic (exact) mass is 489 g/mol. The number of halogens is 7. The second-order valence-corrected chi connectivity index (χ2v) is 7.36. The molecule has 188 valence electrons. The second kappa shape index (κ2) is 11.6. The maximum Gasteiger partial charge on any atom is 0.460 e. The van der Waals surface area contributed by atoms with Crippen molar-refractivity contribution in [2.24, 2.45) is 0 Å². The minimum atomic E-state index is -6.60. The van der Waals surface area contributed by atoms with E-state index in [4.69, 9.17) is 0 Å². The van der Waals surface area contributed by atoms with E-state index in [2.05, 4.69) is 10.3 Å². The Kier molecular flexibility index (Phi) is 10.0. The van der Waals surface area contributed by atoms with Gasteiger partial charge in [-0.05, 0) is 38.7 Å². The van der Waals surface area contributed by atoms with E-state index in [1.807, 2.05) is 25.9 Å². The van der Waals surface area contributed by atoms with Gasteiger partial charge in [0.15, 0.2) is 0 Å². The van der Waals surface area contributed by atoms with Crippen molar-refractivity contribution in [2.75, 3.05) is 40.3 Å². The summed E-state index contributed by atoms with van der Waals surface area (Å²) >= 11 is 0. The van der Waals surface area contributed by atoms with Crippen molar-refractivity contribution in [1.82, 2.24) is 25.4 Å². The van der Waals surface area contributed by atoms with Crippen LogP contribution in [0.15, 0.2) is 18.3 Å². The van der Waals surface area contributed by atoms with E-state index >= 15 is 0 Å². The number of alkyl halides is 7. The number of nitrogens with zero attached hydrogens (tertiary/aromatic N) is 3. The van der Waals surface area contributed by atoms with Crippen LogP contribution in [0.4, 0.5) is 30.7 Å². The number of nitrogens with one attached hydrogen (secondary N) is 2. The SMILES string of the molecule is CCN(CCN(C)C)C(=O)CNCc1cc(CNC(=O)C(F)(F)C(F)(F)C(F)(F)F)ccn1. The van der Waals surface area contributed by atoms with Gasteiger partial charge < -0.3 is 20.4 Å². The molecule has 0 spiro atoms. The fourth-order valence-corrected chi connectivity index (χ4v) is 2.54. The molecule has 14 heteroatoms. The van der Waals surface area contributed by atoms with Gasteiger partial charge in [-0.15, -0.1) is 0 Å². The molecule has 1 rings (SSSR count).